The van der Waals surface area contributed by atoms with Gasteiger partial charge in [-0.15, -0.1) is 0 Å². The fraction of sp³-hybridized carbons (Fsp3) is 0.528. The van der Waals surface area contributed by atoms with Crippen molar-refractivity contribution in [3.8, 4) is 0 Å². The number of nitrogens with one attached hydrogen (secondary N) is 1. The zero-order valence-corrected chi connectivity index (χ0v) is 28.7. The summed E-state index contributed by atoms with van der Waals surface area (Å²) in [7, 11) is 1.40. The molecule has 1 saturated carbocycles. The van der Waals surface area contributed by atoms with Gasteiger partial charge in [0.2, 0.25) is 0 Å². The second-order valence-electron chi connectivity index (χ2n) is 12.1. The van der Waals surface area contributed by atoms with Gasteiger partial charge in [-0.25, -0.2) is 0 Å². The number of aliphatic hydroxyl groups excluding tert-OH is 1. The minimum atomic E-state index is -0.889. The van der Waals surface area contributed by atoms with Crippen molar-refractivity contribution < 1.29 is 34.4 Å². The number of carbonyl (C=O) groups is 3. The summed E-state index contributed by atoms with van der Waals surface area (Å²) in [6, 6.07) is 12.3. The van der Waals surface area contributed by atoms with Gasteiger partial charge in [0.05, 0.1) is 41.0 Å². The molecule has 1 aliphatic carbocycles. The van der Waals surface area contributed by atoms with Crippen LogP contribution in [-0.2, 0) is 25.5 Å². The zero-order chi connectivity index (χ0) is 34.1. The molecular weight excluding hydrogens is 629 g/mol. The van der Waals surface area contributed by atoms with Crippen LogP contribution in [0.25, 0.3) is 0 Å². The van der Waals surface area contributed by atoms with E-state index in [1.54, 1.807) is 36.4 Å². The third kappa shape index (κ3) is 13.8. The van der Waals surface area contributed by atoms with E-state index in [1.807, 2.05) is 25.1 Å². The van der Waals surface area contributed by atoms with Crippen LogP contribution in [0.1, 0.15) is 90.0 Å². The van der Waals surface area contributed by atoms with Gasteiger partial charge in [-0.3, -0.25) is 14.4 Å². The molecule has 0 amide bonds. The number of unbranched alkanes of at least 4 members (excludes halogenated alkanes) is 4. The number of Topliss-reactive ketones (excluding diaryl/α,β-unsaturated/α-hetero) is 1. The minimum Gasteiger partial charge on any atom is -0.481 e. The largest absolute Gasteiger partial charge is 0.481 e. The molecular formula is C36H49Cl2NO7. The first-order valence-corrected chi connectivity index (χ1v) is 16.8. The van der Waals surface area contributed by atoms with Crippen molar-refractivity contribution in [3.05, 3.63) is 70.2 Å². The Kier molecular flexibility index (Phi) is 17.4. The van der Waals surface area contributed by atoms with E-state index < -0.39 is 17.7 Å². The first kappa shape index (κ1) is 39.3. The topological polar surface area (TPSA) is 133 Å². The molecule has 1 fully saturated rings. The molecule has 0 radical (unpaired) electrons. The highest BCUT2D eigenvalue weighted by Crippen LogP contribution is 2.35. The Hall–Kier alpha value is -2.91. The smallest absolute Gasteiger partial charge is 0.307 e. The van der Waals surface area contributed by atoms with Crippen LogP contribution >= 0.6 is 23.2 Å². The summed E-state index contributed by atoms with van der Waals surface area (Å²) in [5.74, 6) is -1.19. The second kappa shape index (κ2) is 20.4. The summed E-state index contributed by atoms with van der Waals surface area (Å²) in [4.78, 5) is 34.2. The maximum absolute atomic E-state index is 12.2. The van der Waals surface area contributed by atoms with Gasteiger partial charge < -0.3 is 25.4 Å². The molecule has 4 N–H and O–H groups in total. The quantitative estimate of drug-likeness (QED) is 0.0746. The Bertz CT molecular complexity index is 1280. The van der Waals surface area contributed by atoms with E-state index in [0.717, 1.165) is 51.4 Å². The highest BCUT2D eigenvalue weighted by molar-refractivity contribution is 6.39. The molecule has 4 atom stereocenters. The molecule has 0 aliphatic heterocycles. The van der Waals surface area contributed by atoms with Gasteiger partial charge in [0.1, 0.15) is 5.78 Å². The van der Waals surface area contributed by atoms with Gasteiger partial charge in [-0.2, -0.15) is 0 Å². The normalized spacial score (nSPS) is 18.9. The Labute approximate surface area is 283 Å². The third-order valence-electron chi connectivity index (χ3n) is 8.17. The van der Waals surface area contributed by atoms with Crippen molar-refractivity contribution >= 4 is 52.3 Å². The van der Waals surface area contributed by atoms with Gasteiger partial charge in [-0.05, 0) is 56.4 Å². The molecule has 0 heterocycles. The molecule has 2 aromatic rings. The van der Waals surface area contributed by atoms with Crippen LogP contribution in [0.15, 0.2) is 54.6 Å². The molecule has 0 saturated heterocycles. The van der Waals surface area contributed by atoms with E-state index in [1.165, 1.54) is 7.11 Å². The van der Waals surface area contributed by atoms with Crippen LogP contribution < -0.4 is 5.32 Å². The minimum absolute atomic E-state index is 0.0642. The summed E-state index contributed by atoms with van der Waals surface area (Å²) in [6.07, 6.45) is 11.6. The number of esters is 1. The number of anilines is 2. The van der Waals surface area contributed by atoms with Crippen molar-refractivity contribution in [1.29, 1.82) is 0 Å². The first-order valence-electron chi connectivity index (χ1n) is 16.1. The number of para-hydroxylation sites is 2. The molecule has 0 spiro atoms. The summed E-state index contributed by atoms with van der Waals surface area (Å²) < 4.78 is 4.62. The number of carbonyl (C=O) groups excluding carboxylic acids is 2. The van der Waals surface area contributed by atoms with Crippen molar-refractivity contribution in [3.63, 3.8) is 0 Å². The maximum Gasteiger partial charge on any atom is 0.307 e. The number of carboxylic acids is 1. The number of ketones is 1. The molecule has 0 aromatic heterocycles. The molecule has 46 heavy (non-hydrogen) atoms. The molecule has 10 heteroatoms. The fourth-order valence-electron chi connectivity index (χ4n) is 5.53. The third-order valence-corrected chi connectivity index (χ3v) is 8.80. The van der Waals surface area contributed by atoms with Crippen LogP contribution in [0.5, 0.6) is 0 Å². The summed E-state index contributed by atoms with van der Waals surface area (Å²) in [5, 5.41) is 33.6. The van der Waals surface area contributed by atoms with Gasteiger partial charge in [0.25, 0.3) is 0 Å². The second-order valence-corrected chi connectivity index (χ2v) is 12.9. The number of benzene rings is 2. The lowest BCUT2D eigenvalue weighted by molar-refractivity contribution is -0.140. The zero-order valence-electron chi connectivity index (χ0n) is 27.1. The van der Waals surface area contributed by atoms with Crippen LogP contribution in [0, 0.1) is 11.8 Å². The molecule has 1 aliphatic rings. The van der Waals surface area contributed by atoms with Crippen LogP contribution in [-0.4, -0.2) is 51.9 Å². The predicted octanol–water partition coefficient (Wildman–Crippen LogP) is 8.32. The summed E-state index contributed by atoms with van der Waals surface area (Å²) in [5.41, 5.74) is 1.20. The molecule has 3 rings (SSSR count). The molecule has 0 bridgehead atoms. The fourth-order valence-corrected chi connectivity index (χ4v) is 6.02. The highest BCUT2D eigenvalue weighted by atomic mass is 35.5. The SMILES string of the molecule is CCCC[C@](C)(O)C/C=C/[C@H]1[C@H](O)CC(=O)[C@@H]1CCCCCCC(=O)OC.O=C(O)Cc1ccccc1Nc1c(Cl)cccc1Cl. The van der Waals surface area contributed by atoms with Crippen LogP contribution in [0.4, 0.5) is 11.4 Å². The number of hydrogen-bond donors (Lipinski definition) is 4. The van der Waals surface area contributed by atoms with Gasteiger partial charge in [-0.1, -0.05) is 98.6 Å². The Morgan fingerprint density at radius 1 is 1.04 bits per heavy atom. The number of carboxylic acid groups (broad SMARTS) is 1. The summed E-state index contributed by atoms with van der Waals surface area (Å²) >= 11 is 12.1. The number of rotatable bonds is 17. The van der Waals surface area contributed by atoms with Crippen molar-refractivity contribution in [2.24, 2.45) is 11.8 Å². The number of ether oxygens (including phenoxy) is 1. The first-order chi connectivity index (χ1) is 21.9. The lowest BCUT2D eigenvalue weighted by Gasteiger charge is -2.22. The van der Waals surface area contributed by atoms with Crippen molar-refractivity contribution in [1.82, 2.24) is 0 Å². The number of aliphatic carboxylic acids is 1. The number of methoxy groups -OCH3 is 1. The van der Waals surface area contributed by atoms with Gasteiger partial charge in [0.15, 0.2) is 0 Å². The van der Waals surface area contributed by atoms with E-state index in [-0.39, 0.29) is 36.4 Å². The number of hydrogen-bond acceptors (Lipinski definition) is 7. The molecule has 2 aromatic carbocycles. The average molecular weight is 679 g/mol. The van der Waals surface area contributed by atoms with Crippen LogP contribution in [0.2, 0.25) is 10.0 Å². The Morgan fingerprint density at radius 2 is 1.72 bits per heavy atom. The van der Waals surface area contributed by atoms with Gasteiger partial charge >= 0.3 is 11.9 Å². The standard InChI is InChI=1S/C22H38O5.C14H11Cl2NO2/c1-4-5-14-22(2,26)15-10-12-18-17(19(23)16-20(18)24)11-8-6-7-9-13-21(25)27-3;15-10-5-3-6-11(16)14(10)17-12-7-2-1-4-9(12)8-13(18)19/h10,12,17-18,20,24,26H,4-9,11,13-16H2,1-3H3;1-7,17H,8H2,(H,18,19)/b12-10+;/t17-,18-,20-,22+;/m1./s1. The predicted molar refractivity (Wildman–Crippen MR) is 184 cm³/mol. The summed E-state index contributed by atoms with van der Waals surface area (Å²) in [6.45, 7) is 3.95. The van der Waals surface area contributed by atoms with Crippen molar-refractivity contribution in [2.45, 2.75) is 103 Å². The lowest BCUT2D eigenvalue weighted by atomic mass is 9.87. The molecule has 254 valence electrons. The average Bonchev–Trinajstić information content (AvgIpc) is 3.27. The Balaban J connectivity index is 0.000000339. The maximum atomic E-state index is 12.2. The highest BCUT2D eigenvalue weighted by Gasteiger charge is 2.39. The van der Waals surface area contributed by atoms with E-state index in [9.17, 15) is 24.6 Å². The van der Waals surface area contributed by atoms with E-state index in [2.05, 4.69) is 17.0 Å². The van der Waals surface area contributed by atoms with E-state index in [4.69, 9.17) is 28.3 Å². The van der Waals surface area contributed by atoms with Crippen LogP contribution in [0.3, 0.4) is 0 Å². The monoisotopic (exact) mass is 677 g/mol. The van der Waals surface area contributed by atoms with Crippen molar-refractivity contribution in [2.75, 3.05) is 12.4 Å². The number of aliphatic hydroxyl groups is 2. The molecule has 8 nitrogen and oxygen atoms in total. The number of halogens is 2. The molecule has 0 unspecified atom stereocenters. The Morgan fingerprint density at radius 3 is 2.37 bits per heavy atom. The lowest BCUT2D eigenvalue weighted by Crippen LogP contribution is -2.23. The van der Waals surface area contributed by atoms with Gasteiger partial charge in [0, 0.05) is 30.4 Å². The van der Waals surface area contributed by atoms with E-state index in [0.29, 0.717) is 39.8 Å². The van der Waals surface area contributed by atoms with E-state index >= 15 is 0 Å².